The Kier molecular flexibility index (Phi) is 8.82. The minimum Gasteiger partial charge on any atom is -0.391 e. The van der Waals surface area contributed by atoms with E-state index in [1.165, 1.54) is 0 Å². The Labute approximate surface area is 249 Å². The number of fused-ring (bicyclic) bond motifs is 1. The highest BCUT2D eigenvalue weighted by Gasteiger charge is 2.22. The summed E-state index contributed by atoms with van der Waals surface area (Å²) >= 11 is 12.1. The largest absolute Gasteiger partial charge is 0.414 e. The first-order chi connectivity index (χ1) is 19.7. The number of aryl methyl sites for hydroxylation is 2. The topological polar surface area (TPSA) is 79.2 Å². The van der Waals surface area contributed by atoms with Crippen LogP contribution in [0.2, 0.25) is 10.0 Å². The van der Waals surface area contributed by atoms with E-state index < -0.39 is 6.09 Å². The first-order valence-corrected chi connectivity index (χ1v) is 14.6. The summed E-state index contributed by atoms with van der Waals surface area (Å²) in [6.45, 7) is 10.6. The fourth-order valence-electron chi connectivity index (χ4n) is 5.10. The minimum absolute atomic E-state index is 0.0582. The zero-order valence-electron chi connectivity index (χ0n) is 23.4. The molecule has 2 aromatic heterocycles. The van der Waals surface area contributed by atoms with Crippen LogP contribution in [0, 0.1) is 6.92 Å². The average molecular weight is 595 g/mol. The van der Waals surface area contributed by atoms with E-state index in [0.29, 0.717) is 39.3 Å². The van der Waals surface area contributed by atoms with Gasteiger partial charge in [0.05, 0.1) is 0 Å². The molecule has 41 heavy (non-hydrogen) atoms. The molecule has 1 fully saturated rings. The van der Waals surface area contributed by atoms with E-state index >= 15 is 0 Å². The van der Waals surface area contributed by atoms with Crippen molar-refractivity contribution in [2.75, 3.05) is 32.7 Å². The lowest BCUT2D eigenvalue weighted by atomic mass is 10.0. The second kappa shape index (κ2) is 12.5. The number of nitrogens with one attached hydrogen (secondary N) is 1. The lowest BCUT2D eigenvalue weighted by Crippen LogP contribution is -2.48. The van der Waals surface area contributed by atoms with Gasteiger partial charge >= 0.3 is 6.09 Å². The van der Waals surface area contributed by atoms with E-state index in [4.69, 9.17) is 32.9 Å². The molecule has 0 bridgehead atoms. The number of carbonyl (C=O) groups is 2. The van der Waals surface area contributed by atoms with Crippen molar-refractivity contribution in [1.82, 2.24) is 24.5 Å². The summed E-state index contributed by atoms with van der Waals surface area (Å²) in [4.78, 5) is 34.9. The molecule has 8 nitrogen and oxygen atoms in total. The molecule has 2 aromatic carbocycles. The van der Waals surface area contributed by atoms with Crippen LogP contribution in [0.1, 0.15) is 41.0 Å². The number of hydrogen-bond acceptors (Lipinski definition) is 5. The molecule has 1 N–H and O–H groups in total. The maximum absolute atomic E-state index is 13.1. The van der Waals surface area contributed by atoms with Gasteiger partial charge in [-0.05, 0) is 78.5 Å². The molecular weight excluding hydrogens is 561 g/mol. The molecule has 3 heterocycles. The molecule has 0 unspecified atom stereocenters. The highest BCUT2D eigenvalue weighted by molar-refractivity contribution is 6.34. The number of rotatable bonds is 7. The van der Waals surface area contributed by atoms with E-state index in [-0.39, 0.29) is 12.5 Å². The monoisotopic (exact) mass is 593 g/mol. The first-order valence-electron chi connectivity index (χ1n) is 13.8. The van der Waals surface area contributed by atoms with Gasteiger partial charge in [0.2, 0.25) is 5.88 Å². The summed E-state index contributed by atoms with van der Waals surface area (Å²) < 4.78 is 7.59. The van der Waals surface area contributed by atoms with E-state index in [1.54, 1.807) is 18.2 Å². The molecule has 0 radical (unpaired) electrons. The normalized spacial score (nSPS) is 13.9. The van der Waals surface area contributed by atoms with E-state index in [0.717, 1.165) is 55.0 Å². The number of likely N-dealkylation sites (N-methyl/N-ethyl adjacent to an activating group) is 1. The Morgan fingerprint density at radius 3 is 2.27 bits per heavy atom. The fourth-order valence-corrected chi connectivity index (χ4v) is 5.67. The van der Waals surface area contributed by atoms with Crippen molar-refractivity contribution in [1.29, 1.82) is 0 Å². The van der Waals surface area contributed by atoms with Crippen LogP contribution < -0.4 is 10.1 Å². The van der Waals surface area contributed by atoms with Crippen molar-refractivity contribution in [2.24, 2.45) is 0 Å². The summed E-state index contributed by atoms with van der Waals surface area (Å²) in [6, 6.07) is 14.8. The van der Waals surface area contributed by atoms with E-state index in [1.807, 2.05) is 53.6 Å². The molecule has 5 rings (SSSR count). The third-order valence-electron chi connectivity index (χ3n) is 7.38. The van der Waals surface area contributed by atoms with Gasteiger partial charge in [0, 0.05) is 54.5 Å². The molecule has 4 aromatic rings. The zero-order chi connectivity index (χ0) is 29.1. The highest BCUT2D eigenvalue weighted by atomic mass is 35.5. The molecule has 214 valence electrons. The fraction of sp³-hybridized carbons (Fsp3) is 0.323. The van der Waals surface area contributed by atoms with Crippen LogP contribution in [-0.2, 0) is 13.0 Å². The van der Waals surface area contributed by atoms with Gasteiger partial charge in [-0.25, -0.2) is 9.78 Å². The summed E-state index contributed by atoms with van der Waals surface area (Å²) in [7, 11) is 0. The first kappa shape index (κ1) is 28.9. The van der Waals surface area contributed by atoms with Crippen molar-refractivity contribution in [2.45, 2.75) is 33.7 Å². The molecule has 0 aliphatic carbocycles. The van der Waals surface area contributed by atoms with Crippen LogP contribution in [0.4, 0.5) is 4.79 Å². The van der Waals surface area contributed by atoms with Crippen LogP contribution in [0.15, 0.2) is 54.7 Å². The second-order valence-electron chi connectivity index (χ2n) is 10.1. The number of hydrogen-bond donors (Lipinski definition) is 1. The summed E-state index contributed by atoms with van der Waals surface area (Å²) in [5, 5.41) is 3.75. The average Bonchev–Trinajstić information content (AvgIpc) is 3.33. The van der Waals surface area contributed by atoms with E-state index in [2.05, 4.69) is 23.2 Å². The van der Waals surface area contributed by atoms with Gasteiger partial charge in [-0.15, -0.1) is 0 Å². The molecule has 10 heteroatoms. The zero-order valence-corrected chi connectivity index (χ0v) is 24.9. The standard InChI is InChI=1S/C31H33Cl2N5O3/c1-4-27-30(41-31(40)34-18-21-15-25(32)17-26(33)16-21)38-19-24(14-20(3)28(38)35-27)22-6-8-23(9-7-22)29(39)37-12-10-36(5-2)11-13-37/h6-9,14-17,19H,4-5,10-13,18H2,1-3H3,(H,34,40). The van der Waals surface area contributed by atoms with Crippen LogP contribution in [0.5, 0.6) is 5.88 Å². The number of imidazole rings is 1. The molecular formula is C31H33Cl2N5O3. The van der Waals surface area contributed by atoms with Gasteiger partial charge in [-0.3, -0.25) is 9.20 Å². The molecule has 0 spiro atoms. The predicted molar refractivity (Wildman–Crippen MR) is 162 cm³/mol. The van der Waals surface area contributed by atoms with Crippen LogP contribution in [0.25, 0.3) is 16.8 Å². The number of pyridine rings is 1. The Morgan fingerprint density at radius 2 is 1.63 bits per heavy atom. The van der Waals surface area contributed by atoms with Crippen LogP contribution in [-0.4, -0.2) is 63.9 Å². The maximum atomic E-state index is 13.1. The Balaban J connectivity index is 1.35. The lowest BCUT2D eigenvalue weighted by Gasteiger charge is -2.34. The quantitative estimate of drug-likeness (QED) is 0.274. The van der Waals surface area contributed by atoms with Gasteiger partial charge in [-0.2, -0.15) is 0 Å². The summed E-state index contributed by atoms with van der Waals surface area (Å²) in [5.41, 5.74) is 5.63. The SMILES string of the molecule is CCc1nc2c(C)cc(-c3ccc(C(=O)N4CCN(CC)CC4)cc3)cn2c1OC(=O)NCc1cc(Cl)cc(Cl)c1. The number of amides is 2. The van der Waals surface area contributed by atoms with Gasteiger partial charge in [0.25, 0.3) is 5.91 Å². The third kappa shape index (κ3) is 6.50. The van der Waals surface area contributed by atoms with Gasteiger partial charge < -0.3 is 19.9 Å². The van der Waals surface area contributed by atoms with Gasteiger partial charge in [0.1, 0.15) is 11.3 Å². The Bertz CT molecular complexity index is 1560. The second-order valence-corrected chi connectivity index (χ2v) is 11.0. The highest BCUT2D eigenvalue weighted by Crippen LogP contribution is 2.29. The molecule has 1 aliphatic heterocycles. The van der Waals surface area contributed by atoms with E-state index in [9.17, 15) is 9.59 Å². The molecule has 0 saturated carbocycles. The van der Waals surface area contributed by atoms with Gasteiger partial charge in [-0.1, -0.05) is 49.2 Å². The molecule has 0 atom stereocenters. The van der Waals surface area contributed by atoms with Crippen molar-refractivity contribution >= 4 is 40.8 Å². The number of ether oxygens (including phenoxy) is 1. The number of halogens is 2. The van der Waals surface area contributed by atoms with Crippen molar-refractivity contribution in [3.8, 4) is 17.0 Å². The Hall–Kier alpha value is -3.59. The number of aromatic nitrogens is 2. The smallest absolute Gasteiger partial charge is 0.391 e. The van der Waals surface area contributed by atoms with Crippen molar-refractivity contribution in [3.05, 3.63) is 87.2 Å². The minimum atomic E-state index is -0.608. The predicted octanol–water partition coefficient (Wildman–Crippen LogP) is 6.25. The summed E-state index contributed by atoms with van der Waals surface area (Å²) in [5.74, 6) is 0.426. The van der Waals surface area contributed by atoms with Crippen molar-refractivity contribution in [3.63, 3.8) is 0 Å². The lowest BCUT2D eigenvalue weighted by molar-refractivity contribution is 0.0643. The Morgan fingerprint density at radius 1 is 0.951 bits per heavy atom. The number of nitrogens with zero attached hydrogens (tertiary/aromatic N) is 4. The van der Waals surface area contributed by atoms with Crippen molar-refractivity contribution < 1.29 is 14.3 Å². The maximum Gasteiger partial charge on any atom is 0.414 e. The number of benzene rings is 2. The van der Waals surface area contributed by atoms with Crippen LogP contribution >= 0.6 is 23.2 Å². The van der Waals surface area contributed by atoms with Crippen LogP contribution in [0.3, 0.4) is 0 Å². The third-order valence-corrected chi connectivity index (χ3v) is 7.82. The van der Waals surface area contributed by atoms with Gasteiger partial charge in [0.15, 0.2) is 0 Å². The molecule has 2 amide bonds. The number of piperazine rings is 1. The number of carbonyl (C=O) groups excluding carboxylic acids is 2. The molecule has 1 saturated heterocycles. The summed E-state index contributed by atoms with van der Waals surface area (Å²) in [6.07, 6.45) is 1.89. The molecule has 1 aliphatic rings.